The van der Waals surface area contributed by atoms with E-state index in [1.165, 1.54) is 75.3 Å². The number of anilines is 1. The van der Waals surface area contributed by atoms with Crippen molar-refractivity contribution in [1.82, 2.24) is 0 Å². The molecule has 1 nitrogen and oxygen atoms in total. The summed E-state index contributed by atoms with van der Waals surface area (Å²) < 4.78 is 0. The molecule has 0 bridgehead atoms. The zero-order valence-corrected chi connectivity index (χ0v) is 15.2. The highest BCUT2D eigenvalue weighted by Gasteiger charge is 2.29. The minimum Gasteiger partial charge on any atom is -0.399 e. The van der Waals surface area contributed by atoms with Gasteiger partial charge in [0.1, 0.15) is 0 Å². The van der Waals surface area contributed by atoms with Crippen LogP contribution in [0, 0.1) is 30.6 Å². The highest BCUT2D eigenvalue weighted by atomic mass is 14.5. The lowest BCUT2D eigenvalue weighted by Crippen LogP contribution is -2.25. The van der Waals surface area contributed by atoms with E-state index in [9.17, 15) is 0 Å². The summed E-state index contributed by atoms with van der Waals surface area (Å²) in [7, 11) is 0. The molecule has 2 aliphatic rings. The molecule has 128 valence electrons. The van der Waals surface area contributed by atoms with Crippen molar-refractivity contribution < 1.29 is 0 Å². The smallest absolute Gasteiger partial charge is 0.0343 e. The molecule has 3 rings (SSSR count). The maximum Gasteiger partial charge on any atom is 0.0343 e. The number of benzene rings is 1. The van der Waals surface area contributed by atoms with Crippen molar-refractivity contribution in [3.63, 3.8) is 0 Å². The van der Waals surface area contributed by atoms with Gasteiger partial charge in [-0.3, -0.25) is 0 Å². The Morgan fingerprint density at radius 2 is 1.52 bits per heavy atom. The summed E-state index contributed by atoms with van der Waals surface area (Å²) in [5, 5.41) is 0. The molecule has 0 unspecified atom stereocenters. The highest BCUT2D eigenvalue weighted by Crippen LogP contribution is 2.42. The number of nitrogens with two attached hydrogens (primary N) is 1. The van der Waals surface area contributed by atoms with Crippen LogP contribution < -0.4 is 5.73 Å². The minimum absolute atomic E-state index is 0.927. The average Bonchev–Trinajstić information content (AvgIpc) is 2.57. The molecule has 0 spiro atoms. The van der Waals surface area contributed by atoms with E-state index >= 15 is 0 Å². The van der Waals surface area contributed by atoms with Crippen molar-refractivity contribution in [3.05, 3.63) is 29.3 Å². The fourth-order valence-corrected chi connectivity index (χ4v) is 4.97. The zero-order valence-electron chi connectivity index (χ0n) is 15.2. The van der Waals surface area contributed by atoms with Crippen LogP contribution in [-0.4, -0.2) is 0 Å². The Balaban J connectivity index is 1.41. The van der Waals surface area contributed by atoms with Gasteiger partial charge in [0.05, 0.1) is 0 Å². The number of hydrogen-bond acceptors (Lipinski definition) is 1. The summed E-state index contributed by atoms with van der Waals surface area (Å²) >= 11 is 0. The van der Waals surface area contributed by atoms with Gasteiger partial charge in [-0.05, 0) is 86.3 Å². The third-order valence-corrected chi connectivity index (χ3v) is 6.79. The molecule has 0 aliphatic heterocycles. The molecule has 1 heteroatoms. The van der Waals surface area contributed by atoms with Gasteiger partial charge in [0.2, 0.25) is 0 Å². The molecule has 0 amide bonds. The van der Waals surface area contributed by atoms with Crippen LogP contribution in [-0.2, 0) is 6.42 Å². The first-order valence-electron chi connectivity index (χ1n) is 9.97. The third-order valence-electron chi connectivity index (χ3n) is 6.79. The van der Waals surface area contributed by atoms with Gasteiger partial charge in [0.15, 0.2) is 0 Å². The molecule has 2 aliphatic carbocycles. The second kappa shape index (κ2) is 7.73. The molecule has 0 atom stereocenters. The lowest BCUT2D eigenvalue weighted by atomic mass is 9.69. The molecule has 2 saturated carbocycles. The summed E-state index contributed by atoms with van der Waals surface area (Å²) in [5.74, 6) is 4.07. The van der Waals surface area contributed by atoms with Crippen molar-refractivity contribution in [1.29, 1.82) is 0 Å². The van der Waals surface area contributed by atoms with E-state index < -0.39 is 0 Å². The Kier molecular flexibility index (Phi) is 5.67. The molecule has 0 radical (unpaired) electrons. The summed E-state index contributed by atoms with van der Waals surface area (Å²) in [5.41, 5.74) is 9.56. The van der Waals surface area contributed by atoms with Gasteiger partial charge in [-0.25, -0.2) is 0 Å². The molecule has 0 saturated heterocycles. The fourth-order valence-electron chi connectivity index (χ4n) is 4.97. The van der Waals surface area contributed by atoms with Crippen LogP contribution in [0.4, 0.5) is 5.69 Å². The highest BCUT2D eigenvalue weighted by molar-refractivity contribution is 5.47. The predicted octanol–water partition coefficient (Wildman–Crippen LogP) is 6.14. The van der Waals surface area contributed by atoms with Gasteiger partial charge >= 0.3 is 0 Å². The molecule has 23 heavy (non-hydrogen) atoms. The molecule has 1 aromatic carbocycles. The van der Waals surface area contributed by atoms with Gasteiger partial charge in [-0.1, -0.05) is 44.7 Å². The van der Waals surface area contributed by atoms with Gasteiger partial charge in [0, 0.05) is 5.69 Å². The molecule has 0 aromatic heterocycles. The van der Waals surface area contributed by atoms with Crippen LogP contribution in [0.3, 0.4) is 0 Å². The summed E-state index contributed by atoms with van der Waals surface area (Å²) in [6.07, 6.45) is 14.6. The van der Waals surface area contributed by atoms with Crippen molar-refractivity contribution in [2.24, 2.45) is 23.7 Å². The van der Waals surface area contributed by atoms with E-state index in [2.05, 4.69) is 32.0 Å². The van der Waals surface area contributed by atoms with Crippen LogP contribution in [0.2, 0.25) is 0 Å². The molecule has 2 fully saturated rings. The molecule has 1 aromatic rings. The number of aryl methyl sites for hydroxylation is 2. The van der Waals surface area contributed by atoms with Crippen LogP contribution >= 0.6 is 0 Å². The first-order chi connectivity index (χ1) is 11.1. The fraction of sp³-hybridized carbons (Fsp3) is 0.727. The van der Waals surface area contributed by atoms with Crippen LogP contribution in [0.1, 0.15) is 75.8 Å². The lowest BCUT2D eigenvalue weighted by molar-refractivity contribution is 0.148. The molecular weight excluding hydrogens is 278 g/mol. The second-order valence-electron chi connectivity index (χ2n) is 8.53. The summed E-state index contributed by atoms with van der Waals surface area (Å²) in [6, 6.07) is 6.58. The van der Waals surface area contributed by atoms with E-state index in [1.807, 2.05) is 0 Å². The Bertz CT molecular complexity index is 491. The van der Waals surface area contributed by atoms with Crippen molar-refractivity contribution >= 4 is 5.69 Å². The molecular formula is C22H35N. The number of hydrogen-bond donors (Lipinski definition) is 1. The second-order valence-corrected chi connectivity index (χ2v) is 8.53. The van der Waals surface area contributed by atoms with E-state index in [4.69, 9.17) is 5.73 Å². The molecule has 0 heterocycles. The Morgan fingerprint density at radius 1 is 0.913 bits per heavy atom. The standard InChI is InChI=1S/C22H35N/c1-16-3-10-20(11-4-16)21-12-7-18(8-13-21)5-6-19-9-14-22(23)17(2)15-19/h9,14-16,18,20-21H,3-8,10-13,23H2,1-2H3. The van der Waals surface area contributed by atoms with E-state index in [0.29, 0.717) is 0 Å². The first kappa shape index (κ1) is 16.9. The largest absolute Gasteiger partial charge is 0.399 e. The van der Waals surface area contributed by atoms with Crippen LogP contribution in [0.15, 0.2) is 18.2 Å². The monoisotopic (exact) mass is 313 g/mol. The molecule has 2 N–H and O–H groups in total. The Hall–Kier alpha value is -0.980. The summed E-state index contributed by atoms with van der Waals surface area (Å²) in [4.78, 5) is 0. The zero-order chi connectivity index (χ0) is 16.2. The van der Waals surface area contributed by atoms with E-state index in [0.717, 1.165) is 29.4 Å². The van der Waals surface area contributed by atoms with Gasteiger partial charge < -0.3 is 5.73 Å². The van der Waals surface area contributed by atoms with Crippen molar-refractivity contribution in [2.75, 3.05) is 5.73 Å². The lowest BCUT2D eigenvalue weighted by Gasteiger charge is -2.37. The topological polar surface area (TPSA) is 26.0 Å². The van der Waals surface area contributed by atoms with Crippen molar-refractivity contribution in [2.45, 2.75) is 78.1 Å². The van der Waals surface area contributed by atoms with Crippen LogP contribution in [0.5, 0.6) is 0 Å². The maximum atomic E-state index is 5.92. The van der Waals surface area contributed by atoms with Gasteiger partial charge in [-0.2, -0.15) is 0 Å². The van der Waals surface area contributed by atoms with Crippen LogP contribution in [0.25, 0.3) is 0 Å². The van der Waals surface area contributed by atoms with Gasteiger partial charge in [-0.15, -0.1) is 0 Å². The van der Waals surface area contributed by atoms with E-state index in [-0.39, 0.29) is 0 Å². The first-order valence-corrected chi connectivity index (χ1v) is 9.97. The summed E-state index contributed by atoms with van der Waals surface area (Å²) in [6.45, 7) is 4.56. The normalized spacial score (nSPS) is 31.9. The quantitative estimate of drug-likeness (QED) is 0.663. The van der Waals surface area contributed by atoms with Crippen molar-refractivity contribution in [3.8, 4) is 0 Å². The van der Waals surface area contributed by atoms with E-state index in [1.54, 1.807) is 0 Å². The number of rotatable bonds is 4. The SMILES string of the molecule is Cc1cc(CCC2CCC(C3CCC(C)CC3)CC2)ccc1N. The minimum atomic E-state index is 0.927. The Labute approximate surface area is 143 Å². The Morgan fingerprint density at radius 3 is 2.13 bits per heavy atom. The predicted molar refractivity (Wildman–Crippen MR) is 100 cm³/mol. The number of nitrogen functional groups attached to an aromatic ring is 1. The third kappa shape index (κ3) is 4.52. The maximum absolute atomic E-state index is 5.92. The van der Waals surface area contributed by atoms with Gasteiger partial charge in [0.25, 0.3) is 0 Å². The average molecular weight is 314 g/mol.